The van der Waals surface area contributed by atoms with Gasteiger partial charge in [-0.15, -0.1) is 0 Å². The van der Waals surface area contributed by atoms with Crippen molar-refractivity contribution in [3.63, 3.8) is 0 Å². The Morgan fingerprint density at radius 2 is 1.88 bits per heavy atom. The van der Waals surface area contributed by atoms with Gasteiger partial charge in [-0.3, -0.25) is 4.79 Å². The number of benzene rings is 2. The highest BCUT2D eigenvalue weighted by Gasteiger charge is 2.08. The third kappa shape index (κ3) is 2.81. The SMILES string of the molecule is O=C(CCc1cc2ccccc2o1)Nc1ccc2[nH]c(=O)[nH]c2c1. The molecule has 0 aliphatic rings. The van der Waals surface area contributed by atoms with Crippen LogP contribution in [0.15, 0.2) is 57.7 Å². The lowest BCUT2D eigenvalue weighted by molar-refractivity contribution is -0.116. The number of furan rings is 1. The van der Waals surface area contributed by atoms with Crippen molar-refractivity contribution in [2.45, 2.75) is 12.8 Å². The molecule has 0 atom stereocenters. The van der Waals surface area contributed by atoms with Crippen molar-refractivity contribution in [3.05, 3.63) is 64.8 Å². The Morgan fingerprint density at radius 3 is 2.75 bits per heavy atom. The van der Waals surface area contributed by atoms with Gasteiger partial charge < -0.3 is 19.7 Å². The molecular formula is C18H15N3O3. The summed E-state index contributed by atoms with van der Waals surface area (Å²) in [6.07, 6.45) is 0.852. The zero-order chi connectivity index (χ0) is 16.5. The van der Waals surface area contributed by atoms with Crippen LogP contribution in [0.2, 0.25) is 0 Å². The average molecular weight is 321 g/mol. The molecule has 0 fully saturated rings. The molecule has 4 rings (SSSR count). The minimum Gasteiger partial charge on any atom is -0.461 e. The van der Waals surface area contributed by atoms with Crippen molar-refractivity contribution >= 4 is 33.6 Å². The van der Waals surface area contributed by atoms with E-state index >= 15 is 0 Å². The molecule has 2 aromatic carbocycles. The highest BCUT2D eigenvalue weighted by atomic mass is 16.3. The van der Waals surface area contributed by atoms with E-state index < -0.39 is 0 Å². The fraction of sp³-hybridized carbons (Fsp3) is 0.111. The maximum Gasteiger partial charge on any atom is 0.323 e. The molecule has 0 aliphatic heterocycles. The van der Waals surface area contributed by atoms with Crippen LogP contribution < -0.4 is 11.0 Å². The maximum atomic E-state index is 12.1. The van der Waals surface area contributed by atoms with Crippen LogP contribution in [0.5, 0.6) is 0 Å². The van der Waals surface area contributed by atoms with Crippen molar-refractivity contribution in [1.82, 2.24) is 9.97 Å². The van der Waals surface area contributed by atoms with Crippen LogP contribution in [0, 0.1) is 0 Å². The summed E-state index contributed by atoms with van der Waals surface area (Å²) in [5.41, 5.74) is 2.58. The van der Waals surface area contributed by atoms with Crippen molar-refractivity contribution in [3.8, 4) is 0 Å². The second-order valence-electron chi connectivity index (χ2n) is 5.64. The van der Waals surface area contributed by atoms with Gasteiger partial charge in [0.2, 0.25) is 5.91 Å². The second kappa shape index (κ2) is 5.73. The van der Waals surface area contributed by atoms with E-state index in [2.05, 4.69) is 15.3 Å². The number of aromatic amines is 2. The molecule has 0 saturated carbocycles. The normalized spacial score (nSPS) is 11.2. The Hall–Kier alpha value is -3.28. The lowest BCUT2D eigenvalue weighted by atomic mass is 10.2. The molecule has 0 unspecified atom stereocenters. The number of amides is 1. The first-order chi connectivity index (χ1) is 11.7. The average Bonchev–Trinajstić information content (AvgIpc) is 3.14. The van der Waals surface area contributed by atoms with E-state index in [-0.39, 0.29) is 11.6 Å². The minimum atomic E-state index is -0.265. The summed E-state index contributed by atoms with van der Waals surface area (Å²) in [5.74, 6) is 0.685. The summed E-state index contributed by atoms with van der Waals surface area (Å²) < 4.78 is 5.71. The third-order valence-corrected chi connectivity index (χ3v) is 3.87. The van der Waals surface area contributed by atoms with E-state index in [1.165, 1.54) is 0 Å². The third-order valence-electron chi connectivity index (χ3n) is 3.87. The lowest BCUT2D eigenvalue weighted by Crippen LogP contribution is -2.12. The number of para-hydroxylation sites is 1. The van der Waals surface area contributed by atoms with Gasteiger partial charge in [0.25, 0.3) is 0 Å². The van der Waals surface area contributed by atoms with Gasteiger partial charge in [-0.1, -0.05) is 18.2 Å². The molecule has 0 spiro atoms. The Kier molecular flexibility index (Phi) is 3.42. The summed E-state index contributed by atoms with van der Waals surface area (Å²) in [7, 11) is 0. The van der Waals surface area contributed by atoms with Crippen LogP contribution in [0.3, 0.4) is 0 Å². The van der Waals surface area contributed by atoms with Gasteiger partial charge in [-0.2, -0.15) is 0 Å². The number of aromatic nitrogens is 2. The van der Waals surface area contributed by atoms with Gasteiger partial charge in [0.05, 0.1) is 11.0 Å². The molecule has 0 saturated heterocycles. The molecule has 120 valence electrons. The molecule has 0 aliphatic carbocycles. The number of hydrogen-bond acceptors (Lipinski definition) is 3. The summed E-state index contributed by atoms with van der Waals surface area (Å²) in [4.78, 5) is 28.7. The number of nitrogens with one attached hydrogen (secondary N) is 3. The standard InChI is InChI=1S/C18H15N3O3/c22-17(8-6-13-9-11-3-1-2-4-16(11)24-13)19-12-5-7-14-15(10-12)21-18(23)20-14/h1-5,7,9-10H,6,8H2,(H,19,22)(H2,20,21,23). The first kappa shape index (κ1) is 14.3. The Morgan fingerprint density at radius 1 is 1.04 bits per heavy atom. The molecule has 24 heavy (non-hydrogen) atoms. The summed E-state index contributed by atoms with van der Waals surface area (Å²) in [6, 6.07) is 15.0. The van der Waals surface area contributed by atoms with Crippen molar-refractivity contribution in [1.29, 1.82) is 0 Å². The highest BCUT2D eigenvalue weighted by Crippen LogP contribution is 2.20. The predicted molar refractivity (Wildman–Crippen MR) is 92.1 cm³/mol. The van der Waals surface area contributed by atoms with Crippen molar-refractivity contribution in [2.24, 2.45) is 0 Å². The number of hydrogen-bond donors (Lipinski definition) is 3. The van der Waals surface area contributed by atoms with E-state index in [9.17, 15) is 9.59 Å². The number of rotatable bonds is 4. The topological polar surface area (TPSA) is 90.9 Å². The van der Waals surface area contributed by atoms with Gasteiger partial charge in [-0.05, 0) is 30.3 Å². The maximum absolute atomic E-state index is 12.1. The summed E-state index contributed by atoms with van der Waals surface area (Å²) in [5, 5.41) is 3.87. The number of anilines is 1. The number of aryl methyl sites for hydroxylation is 1. The molecule has 6 heteroatoms. The number of imidazole rings is 1. The number of carbonyl (C=O) groups is 1. The van der Waals surface area contributed by atoms with Crippen LogP contribution in [0.25, 0.3) is 22.0 Å². The molecule has 0 radical (unpaired) electrons. The van der Waals surface area contributed by atoms with Crippen molar-refractivity contribution in [2.75, 3.05) is 5.32 Å². The molecule has 1 amide bonds. The van der Waals surface area contributed by atoms with Gasteiger partial charge in [0.15, 0.2) is 0 Å². The molecule has 6 nitrogen and oxygen atoms in total. The van der Waals surface area contributed by atoms with E-state index in [1.807, 2.05) is 30.3 Å². The van der Waals surface area contributed by atoms with Crippen LogP contribution in [-0.2, 0) is 11.2 Å². The Balaban J connectivity index is 1.42. The molecule has 3 N–H and O–H groups in total. The number of carbonyl (C=O) groups excluding carboxylic acids is 1. The first-order valence-electron chi connectivity index (χ1n) is 7.67. The lowest BCUT2D eigenvalue weighted by Gasteiger charge is -2.04. The van der Waals surface area contributed by atoms with Crippen LogP contribution in [0.4, 0.5) is 5.69 Å². The zero-order valence-corrected chi connectivity index (χ0v) is 12.8. The smallest absolute Gasteiger partial charge is 0.323 e. The molecule has 2 aromatic heterocycles. The van der Waals surface area contributed by atoms with E-state index in [0.717, 1.165) is 16.7 Å². The Labute approximate surface area is 136 Å². The predicted octanol–water partition coefficient (Wildman–Crippen LogP) is 3.17. The summed E-state index contributed by atoms with van der Waals surface area (Å²) >= 11 is 0. The van der Waals surface area contributed by atoms with Gasteiger partial charge >= 0.3 is 5.69 Å². The van der Waals surface area contributed by atoms with E-state index in [1.54, 1.807) is 18.2 Å². The molecule has 0 bridgehead atoms. The monoisotopic (exact) mass is 321 g/mol. The zero-order valence-electron chi connectivity index (χ0n) is 12.8. The van der Waals surface area contributed by atoms with Crippen LogP contribution >= 0.6 is 0 Å². The number of H-pyrrole nitrogens is 2. The fourth-order valence-corrected chi connectivity index (χ4v) is 2.73. The number of fused-ring (bicyclic) bond motifs is 2. The highest BCUT2D eigenvalue weighted by molar-refractivity contribution is 5.93. The van der Waals surface area contributed by atoms with Crippen LogP contribution in [-0.4, -0.2) is 15.9 Å². The molecular weight excluding hydrogens is 306 g/mol. The van der Waals surface area contributed by atoms with Gasteiger partial charge in [0, 0.05) is 23.9 Å². The molecule has 4 aromatic rings. The van der Waals surface area contributed by atoms with Crippen LogP contribution in [0.1, 0.15) is 12.2 Å². The quantitative estimate of drug-likeness (QED) is 0.539. The largest absolute Gasteiger partial charge is 0.461 e. The van der Waals surface area contributed by atoms with Crippen molar-refractivity contribution < 1.29 is 9.21 Å². The van der Waals surface area contributed by atoms with Gasteiger partial charge in [-0.25, -0.2) is 4.79 Å². The second-order valence-corrected chi connectivity index (χ2v) is 5.64. The summed E-state index contributed by atoms with van der Waals surface area (Å²) in [6.45, 7) is 0. The van der Waals surface area contributed by atoms with E-state index in [4.69, 9.17) is 4.42 Å². The first-order valence-corrected chi connectivity index (χ1v) is 7.67. The molecule has 2 heterocycles. The minimum absolute atomic E-state index is 0.104. The van der Waals surface area contributed by atoms with Gasteiger partial charge in [0.1, 0.15) is 11.3 Å². The van der Waals surface area contributed by atoms with E-state index in [0.29, 0.717) is 29.6 Å². The Bertz CT molecular complexity index is 1050. The fourth-order valence-electron chi connectivity index (χ4n) is 2.73.